The van der Waals surface area contributed by atoms with Crippen LogP contribution in [0.5, 0.6) is 5.75 Å². The topological polar surface area (TPSA) is 79.1 Å². The van der Waals surface area contributed by atoms with E-state index in [-0.39, 0.29) is 5.75 Å². The average Bonchev–Trinajstić information content (AvgIpc) is 3.16. The number of alkyl halides is 3. The highest BCUT2D eigenvalue weighted by Crippen LogP contribution is 2.27. The number of nitrogen functional groups attached to an aromatic ring is 1. The van der Waals surface area contributed by atoms with E-state index < -0.39 is 12.8 Å². The summed E-state index contributed by atoms with van der Waals surface area (Å²) in [5, 5.41) is 8.59. The number of hydrogen-bond acceptors (Lipinski definition) is 6. The van der Waals surface area contributed by atoms with E-state index in [4.69, 9.17) is 15.0 Å². The Balaban J connectivity index is 1.66. The Kier molecular flexibility index (Phi) is 5.12. The fourth-order valence-electron chi connectivity index (χ4n) is 2.21. The molecule has 0 saturated carbocycles. The molecular weight excluding hydrogens is 369 g/mol. The Bertz CT molecular complexity index is 892. The third-order valence-electron chi connectivity index (χ3n) is 3.43. The van der Waals surface area contributed by atoms with Crippen LogP contribution >= 0.6 is 11.8 Å². The molecule has 0 amide bonds. The fourth-order valence-corrected chi connectivity index (χ4v) is 3.01. The van der Waals surface area contributed by atoms with Crippen molar-refractivity contribution in [2.75, 3.05) is 12.4 Å². The van der Waals surface area contributed by atoms with Gasteiger partial charge in [0.2, 0.25) is 5.16 Å². The predicted molar refractivity (Wildman–Crippen MR) is 90.2 cm³/mol. The molecule has 0 spiro atoms. The van der Waals surface area contributed by atoms with E-state index in [1.165, 1.54) is 22.5 Å². The minimum Gasteiger partial charge on any atom is -0.484 e. The van der Waals surface area contributed by atoms with Crippen LogP contribution in [0, 0.1) is 6.92 Å². The van der Waals surface area contributed by atoms with Crippen molar-refractivity contribution in [3.05, 3.63) is 47.9 Å². The number of benzene rings is 1. The zero-order valence-electron chi connectivity index (χ0n) is 13.7. The van der Waals surface area contributed by atoms with Gasteiger partial charge in [-0.2, -0.15) is 13.2 Å². The van der Waals surface area contributed by atoms with Gasteiger partial charge in [0.25, 0.3) is 0 Å². The van der Waals surface area contributed by atoms with Crippen molar-refractivity contribution in [2.24, 2.45) is 0 Å². The van der Waals surface area contributed by atoms with E-state index in [1.54, 1.807) is 37.5 Å². The number of aryl methyl sites for hydroxylation is 1. The van der Waals surface area contributed by atoms with Crippen LogP contribution in [0.3, 0.4) is 0 Å². The van der Waals surface area contributed by atoms with Crippen LogP contribution in [-0.2, 0) is 5.75 Å². The number of nitrogens with two attached hydrogens (primary N) is 1. The maximum atomic E-state index is 12.2. The van der Waals surface area contributed by atoms with Gasteiger partial charge in [-0.25, -0.2) is 4.68 Å². The van der Waals surface area contributed by atoms with E-state index in [0.29, 0.717) is 22.5 Å². The standard InChI is InChI=1S/C16H15F3N4O2S/c1-10-13(5-6-24-10)14-21-22-15(23(14)20)26-8-11-3-2-4-12(7-11)25-9-16(17,18)19/h2-7H,8-9,20H2,1H3. The van der Waals surface area contributed by atoms with Crippen LogP contribution in [-0.4, -0.2) is 27.7 Å². The van der Waals surface area contributed by atoms with Gasteiger partial charge in [0.15, 0.2) is 12.4 Å². The minimum atomic E-state index is -4.37. The number of hydrogen-bond donors (Lipinski definition) is 1. The Morgan fingerprint density at radius 1 is 1.27 bits per heavy atom. The second kappa shape index (κ2) is 7.32. The first-order chi connectivity index (χ1) is 12.3. The normalized spacial score (nSPS) is 11.7. The Morgan fingerprint density at radius 2 is 2.08 bits per heavy atom. The van der Waals surface area contributed by atoms with Crippen LogP contribution in [0.1, 0.15) is 11.3 Å². The number of furan rings is 1. The summed E-state index contributed by atoms with van der Waals surface area (Å²) >= 11 is 1.31. The Hall–Kier alpha value is -2.62. The molecule has 0 atom stereocenters. The predicted octanol–water partition coefficient (Wildman–Crippen LogP) is 3.79. The number of halogens is 3. The molecule has 2 heterocycles. The lowest BCUT2D eigenvalue weighted by Gasteiger charge is -2.10. The van der Waals surface area contributed by atoms with Gasteiger partial charge < -0.3 is 15.0 Å². The molecule has 138 valence electrons. The summed E-state index contributed by atoms with van der Waals surface area (Å²) < 4.78 is 48.0. The maximum absolute atomic E-state index is 12.2. The molecule has 0 saturated heterocycles. The SMILES string of the molecule is Cc1occc1-c1nnc(SCc2cccc(OCC(F)(F)F)c2)n1N. The zero-order valence-corrected chi connectivity index (χ0v) is 14.5. The number of aromatic nitrogens is 3. The molecule has 0 bridgehead atoms. The van der Waals surface area contributed by atoms with Crippen molar-refractivity contribution in [2.45, 2.75) is 24.0 Å². The lowest BCUT2D eigenvalue weighted by atomic mass is 10.2. The first kappa shape index (κ1) is 18.2. The van der Waals surface area contributed by atoms with Gasteiger partial charge in [0, 0.05) is 5.75 Å². The molecule has 6 nitrogen and oxygen atoms in total. The molecule has 0 radical (unpaired) electrons. The molecular formula is C16H15F3N4O2S. The van der Waals surface area contributed by atoms with Crippen LogP contribution in [0.15, 0.2) is 46.2 Å². The Morgan fingerprint density at radius 3 is 2.77 bits per heavy atom. The van der Waals surface area contributed by atoms with E-state index in [1.807, 2.05) is 0 Å². The summed E-state index contributed by atoms with van der Waals surface area (Å²) in [6, 6.07) is 8.20. The molecule has 3 rings (SSSR count). The highest BCUT2D eigenvalue weighted by molar-refractivity contribution is 7.98. The molecule has 0 unspecified atom stereocenters. The molecule has 2 N–H and O–H groups in total. The van der Waals surface area contributed by atoms with Crippen LogP contribution in [0.4, 0.5) is 13.2 Å². The number of rotatable bonds is 6. The van der Waals surface area contributed by atoms with Crippen LogP contribution < -0.4 is 10.6 Å². The molecule has 0 aliphatic carbocycles. The van der Waals surface area contributed by atoms with Crippen molar-refractivity contribution in [1.82, 2.24) is 14.9 Å². The summed E-state index contributed by atoms with van der Waals surface area (Å²) in [6.07, 6.45) is -2.83. The van der Waals surface area contributed by atoms with Crippen LogP contribution in [0.2, 0.25) is 0 Å². The van der Waals surface area contributed by atoms with Gasteiger partial charge >= 0.3 is 6.18 Å². The van der Waals surface area contributed by atoms with E-state index in [2.05, 4.69) is 10.2 Å². The quantitative estimate of drug-likeness (QED) is 0.515. The number of nitrogens with zero attached hydrogens (tertiary/aromatic N) is 3. The van der Waals surface area contributed by atoms with Gasteiger partial charge in [-0.05, 0) is 30.7 Å². The maximum Gasteiger partial charge on any atom is 0.422 e. The van der Waals surface area contributed by atoms with Gasteiger partial charge in [-0.1, -0.05) is 23.9 Å². The molecule has 10 heteroatoms. The lowest BCUT2D eigenvalue weighted by molar-refractivity contribution is -0.153. The molecule has 3 aromatic rings. The van der Waals surface area contributed by atoms with Gasteiger partial charge in [-0.15, -0.1) is 10.2 Å². The monoisotopic (exact) mass is 384 g/mol. The van der Waals surface area contributed by atoms with E-state index >= 15 is 0 Å². The van der Waals surface area contributed by atoms with E-state index in [0.717, 1.165) is 11.1 Å². The second-order valence-corrected chi connectivity index (χ2v) is 6.35. The number of thioether (sulfide) groups is 1. The zero-order chi connectivity index (χ0) is 18.7. The van der Waals surface area contributed by atoms with Crippen molar-refractivity contribution in [1.29, 1.82) is 0 Å². The van der Waals surface area contributed by atoms with Gasteiger partial charge in [-0.3, -0.25) is 0 Å². The minimum absolute atomic E-state index is 0.157. The third-order valence-corrected chi connectivity index (χ3v) is 4.45. The van der Waals surface area contributed by atoms with Crippen LogP contribution in [0.25, 0.3) is 11.4 Å². The smallest absolute Gasteiger partial charge is 0.422 e. The fraction of sp³-hybridized carbons (Fsp3) is 0.250. The lowest BCUT2D eigenvalue weighted by Crippen LogP contribution is -2.19. The first-order valence-corrected chi connectivity index (χ1v) is 8.48. The highest BCUT2D eigenvalue weighted by Gasteiger charge is 2.28. The van der Waals surface area contributed by atoms with Crippen molar-refractivity contribution in [3.63, 3.8) is 0 Å². The van der Waals surface area contributed by atoms with Gasteiger partial charge in [0.1, 0.15) is 11.5 Å². The van der Waals surface area contributed by atoms with E-state index in [9.17, 15) is 13.2 Å². The summed E-state index contributed by atoms with van der Waals surface area (Å²) in [5.41, 5.74) is 1.52. The van der Waals surface area contributed by atoms with Crippen molar-refractivity contribution in [3.8, 4) is 17.1 Å². The summed E-state index contributed by atoms with van der Waals surface area (Å²) in [5.74, 6) is 7.79. The van der Waals surface area contributed by atoms with Gasteiger partial charge in [0.05, 0.1) is 11.8 Å². The van der Waals surface area contributed by atoms with Crippen molar-refractivity contribution < 1.29 is 22.3 Å². The molecule has 26 heavy (non-hydrogen) atoms. The third kappa shape index (κ3) is 4.31. The summed E-state index contributed by atoms with van der Waals surface area (Å²) in [7, 11) is 0. The average molecular weight is 384 g/mol. The largest absolute Gasteiger partial charge is 0.484 e. The second-order valence-electron chi connectivity index (χ2n) is 5.41. The molecule has 2 aromatic heterocycles. The molecule has 1 aromatic carbocycles. The number of ether oxygens (including phenoxy) is 1. The molecule has 0 aliphatic heterocycles. The molecule has 0 aliphatic rings. The van der Waals surface area contributed by atoms with Crippen molar-refractivity contribution >= 4 is 11.8 Å². The highest BCUT2D eigenvalue weighted by atomic mass is 32.2. The molecule has 0 fully saturated rings. The summed E-state index contributed by atoms with van der Waals surface area (Å²) in [4.78, 5) is 0. The summed E-state index contributed by atoms with van der Waals surface area (Å²) in [6.45, 7) is 0.470. The Labute approximate surface area is 151 Å². The first-order valence-electron chi connectivity index (χ1n) is 7.50.